The van der Waals surface area contributed by atoms with Crippen molar-refractivity contribution in [2.24, 2.45) is 0 Å². The monoisotopic (exact) mass is 198 g/mol. The Hall–Kier alpha value is -1.70. The van der Waals surface area contributed by atoms with E-state index >= 15 is 0 Å². The zero-order valence-corrected chi connectivity index (χ0v) is 8.59. The van der Waals surface area contributed by atoms with Crippen molar-refractivity contribution in [2.45, 2.75) is 6.42 Å². The number of rotatable bonds is 0. The number of anilines is 2. The van der Waals surface area contributed by atoms with Crippen LogP contribution in [0.25, 0.3) is 10.8 Å². The molecule has 0 atom stereocenters. The summed E-state index contributed by atoms with van der Waals surface area (Å²) in [6, 6.07) is 12.9. The van der Waals surface area contributed by atoms with Crippen molar-refractivity contribution >= 4 is 22.1 Å². The molecule has 3 rings (SSSR count). The molecule has 1 aliphatic heterocycles. The second-order valence-corrected chi connectivity index (χ2v) is 3.95. The minimum Gasteiger partial charge on any atom is -0.383 e. The molecule has 0 spiro atoms. The maximum absolute atomic E-state index is 3.45. The quantitative estimate of drug-likeness (QED) is 0.679. The largest absolute Gasteiger partial charge is 0.383 e. The summed E-state index contributed by atoms with van der Waals surface area (Å²) in [6.45, 7) is 2.11. The van der Waals surface area contributed by atoms with Crippen molar-refractivity contribution in [1.29, 1.82) is 0 Å². The van der Waals surface area contributed by atoms with E-state index in [0.717, 1.165) is 13.1 Å². The highest BCUT2D eigenvalue weighted by Crippen LogP contribution is 2.29. The average molecular weight is 198 g/mol. The molecule has 2 nitrogen and oxygen atoms in total. The molecule has 2 heteroatoms. The van der Waals surface area contributed by atoms with Gasteiger partial charge in [0, 0.05) is 13.1 Å². The van der Waals surface area contributed by atoms with Crippen LogP contribution in [0.4, 0.5) is 11.4 Å². The van der Waals surface area contributed by atoms with Gasteiger partial charge in [-0.3, -0.25) is 0 Å². The van der Waals surface area contributed by atoms with Gasteiger partial charge in [0.05, 0.1) is 11.4 Å². The third-order valence-electron chi connectivity index (χ3n) is 2.87. The predicted molar refractivity (Wildman–Crippen MR) is 65.5 cm³/mol. The predicted octanol–water partition coefficient (Wildman–Crippen LogP) is 3.07. The Morgan fingerprint density at radius 3 is 1.87 bits per heavy atom. The Labute approximate surface area is 89.3 Å². The van der Waals surface area contributed by atoms with E-state index in [0.29, 0.717) is 0 Å². The molecular formula is C13H14N2. The zero-order chi connectivity index (χ0) is 10.1. The Morgan fingerprint density at radius 1 is 0.800 bits per heavy atom. The first-order valence-electron chi connectivity index (χ1n) is 5.44. The van der Waals surface area contributed by atoms with E-state index in [1.807, 2.05) is 0 Å². The van der Waals surface area contributed by atoms with Crippen molar-refractivity contribution in [3.05, 3.63) is 36.4 Å². The fourth-order valence-electron chi connectivity index (χ4n) is 2.07. The summed E-state index contributed by atoms with van der Waals surface area (Å²) in [5.41, 5.74) is 2.46. The molecule has 0 aromatic heterocycles. The van der Waals surface area contributed by atoms with E-state index in [-0.39, 0.29) is 0 Å². The lowest BCUT2D eigenvalue weighted by Crippen LogP contribution is -2.01. The Bertz CT molecular complexity index is 446. The Kier molecular flexibility index (Phi) is 1.98. The van der Waals surface area contributed by atoms with Crippen molar-refractivity contribution in [3.8, 4) is 0 Å². The van der Waals surface area contributed by atoms with Crippen LogP contribution in [-0.4, -0.2) is 13.1 Å². The topological polar surface area (TPSA) is 24.1 Å². The van der Waals surface area contributed by atoms with Crippen LogP contribution in [0, 0.1) is 0 Å². The lowest BCUT2D eigenvalue weighted by atomic mass is 10.1. The summed E-state index contributed by atoms with van der Waals surface area (Å²) in [5, 5.41) is 9.51. The number of benzene rings is 2. The molecular weight excluding hydrogens is 184 g/mol. The molecule has 0 amide bonds. The highest BCUT2D eigenvalue weighted by Gasteiger charge is 2.06. The highest BCUT2D eigenvalue weighted by atomic mass is 15.0. The maximum Gasteiger partial charge on any atom is 0.0582 e. The molecule has 0 aliphatic carbocycles. The van der Waals surface area contributed by atoms with Gasteiger partial charge in [-0.05, 0) is 29.3 Å². The number of fused-ring (bicyclic) bond motifs is 2. The van der Waals surface area contributed by atoms with Crippen LogP contribution in [0.3, 0.4) is 0 Å². The molecule has 0 saturated heterocycles. The maximum atomic E-state index is 3.45. The number of nitrogens with one attached hydrogen (secondary N) is 2. The second-order valence-electron chi connectivity index (χ2n) is 3.95. The molecule has 2 aromatic carbocycles. The lowest BCUT2D eigenvalue weighted by Gasteiger charge is -2.10. The molecule has 0 saturated carbocycles. The molecule has 1 heterocycles. The molecule has 15 heavy (non-hydrogen) atoms. The van der Waals surface area contributed by atoms with E-state index in [4.69, 9.17) is 0 Å². The second kappa shape index (κ2) is 3.46. The van der Waals surface area contributed by atoms with Crippen LogP contribution in [0.5, 0.6) is 0 Å². The summed E-state index contributed by atoms with van der Waals surface area (Å²) < 4.78 is 0. The minimum absolute atomic E-state index is 1.05. The molecule has 0 fully saturated rings. The first-order valence-corrected chi connectivity index (χ1v) is 5.44. The standard InChI is InChI=1S/C13H14N2/c1-2-5-11-9-13-12(8-10(11)4-1)14-6-3-7-15-13/h1-2,4-5,8-9,14-15H,3,6-7H2. The van der Waals surface area contributed by atoms with E-state index in [1.54, 1.807) is 0 Å². The lowest BCUT2D eigenvalue weighted by molar-refractivity contribution is 0.928. The summed E-state index contributed by atoms with van der Waals surface area (Å²) in [7, 11) is 0. The summed E-state index contributed by atoms with van der Waals surface area (Å²) in [4.78, 5) is 0. The van der Waals surface area contributed by atoms with Crippen LogP contribution in [-0.2, 0) is 0 Å². The first kappa shape index (κ1) is 8.60. The third-order valence-corrected chi connectivity index (χ3v) is 2.87. The number of hydrogen-bond donors (Lipinski definition) is 2. The smallest absolute Gasteiger partial charge is 0.0582 e. The molecule has 0 unspecified atom stereocenters. The van der Waals surface area contributed by atoms with Gasteiger partial charge in [0.2, 0.25) is 0 Å². The van der Waals surface area contributed by atoms with E-state index in [2.05, 4.69) is 47.0 Å². The SMILES string of the molecule is c1ccc2cc3c(cc2c1)NCCCN3. The molecule has 76 valence electrons. The molecule has 2 N–H and O–H groups in total. The van der Waals surface area contributed by atoms with Gasteiger partial charge in [0.15, 0.2) is 0 Å². The van der Waals surface area contributed by atoms with Gasteiger partial charge in [-0.25, -0.2) is 0 Å². The Morgan fingerprint density at radius 2 is 1.33 bits per heavy atom. The van der Waals surface area contributed by atoms with Crippen LogP contribution >= 0.6 is 0 Å². The van der Waals surface area contributed by atoms with Crippen LogP contribution in [0.1, 0.15) is 6.42 Å². The fraction of sp³-hybridized carbons (Fsp3) is 0.231. The van der Waals surface area contributed by atoms with Crippen molar-refractivity contribution < 1.29 is 0 Å². The van der Waals surface area contributed by atoms with Gasteiger partial charge in [0.1, 0.15) is 0 Å². The zero-order valence-electron chi connectivity index (χ0n) is 8.59. The van der Waals surface area contributed by atoms with Crippen molar-refractivity contribution in [1.82, 2.24) is 0 Å². The summed E-state index contributed by atoms with van der Waals surface area (Å²) in [5.74, 6) is 0. The summed E-state index contributed by atoms with van der Waals surface area (Å²) in [6.07, 6.45) is 1.17. The van der Waals surface area contributed by atoms with Crippen molar-refractivity contribution in [3.63, 3.8) is 0 Å². The van der Waals surface area contributed by atoms with Crippen LogP contribution in [0.2, 0.25) is 0 Å². The van der Waals surface area contributed by atoms with E-state index in [1.165, 1.54) is 28.6 Å². The van der Waals surface area contributed by atoms with Gasteiger partial charge < -0.3 is 10.6 Å². The highest BCUT2D eigenvalue weighted by molar-refractivity contribution is 5.92. The van der Waals surface area contributed by atoms with Gasteiger partial charge >= 0.3 is 0 Å². The molecule has 0 radical (unpaired) electrons. The average Bonchev–Trinajstić information content (AvgIpc) is 2.50. The molecule has 2 aromatic rings. The van der Waals surface area contributed by atoms with Crippen molar-refractivity contribution in [2.75, 3.05) is 23.7 Å². The van der Waals surface area contributed by atoms with E-state index < -0.39 is 0 Å². The van der Waals surface area contributed by atoms with Crippen LogP contribution < -0.4 is 10.6 Å². The summed E-state index contributed by atoms with van der Waals surface area (Å²) >= 11 is 0. The van der Waals surface area contributed by atoms with E-state index in [9.17, 15) is 0 Å². The minimum atomic E-state index is 1.05. The third kappa shape index (κ3) is 1.52. The number of hydrogen-bond acceptors (Lipinski definition) is 2. The molecule has 0 bridgehead atoms. The van der Waals surface area contributed by atoms with Gasteiger partial charge in [0.25, 0.3) is 0 Å². The van der Waals surface area contributed by atoms with Gasteiger partial charge in [-0.1, -0.05) is 24.3 Å². The first-order chi connectivity index (χ1) is 7.43. The fourth-order valence-corrected chi connectivity index (χ4v) is 2.07. The van der Waals surface area contributed by atoms with Gasteiger partial charge in [-0.15, -0.1) is 0 Å². The molecule has 1 aliphatic rings. The van der Waals surface area contributed by atoms with Gasteiger partial charge in [-0.2, -0.15) is 0 Å². The Balaban J connectivity index is 2.20. The normalized spacial score (nSPS) is 14.9. The van der Waals surface area contributed by atoms with Crippen LogP contribution in [0.15, 0.2) is 36.4 Å².